The predicted molar refractivity (Wildman–Crippen MR) is 126 cm³/mol. The zero-order chi connectivity index (χ0) is 24.1. The fourth-order valence-corrected chi connectivity index (χ4v) is 4.57. The Labute approximate surface area is 199 Å². The SMILES string of the molecule is CCOC(=O)c1c(C)c(C(=O)CN(C[C@@H]2CCCO2)C(=O)c2ccc(Cl)cc2)c(C)n1CC. The van der Waals surface area contributed by atoms with Crippen LogP contribution in [0.3, 0.4) is 0 Å². The first-order valence-corrected chi connectivity index (χ1v) is 11.7. The number of aromatic nitrogens is 1. The smallest absolute Gasteiger partial charge is 0.355 e. The molecule has 7 nitrogen and oxygen atoms in total. The molecule has 0 saturated carbocycles. The molecule has 0 spiro atoms. The molecule has 8 heteroatoms. The highest BCUT2D eigenvalue weighted by Crippen LogP contribution is 2.25. The Morgan fingerprint density at radius 3 is 2.45 bits per heavy atom. The molecule has 1 aromatic heterocycles. The van der Waals surface area contributed by atoms with Crippen LogP contribution in [0.2, 0.25) is 5.02 Å². The Balaban J connectivity index is 1.92. The van der Waals surface area contributed by atoms with E-state index in [0.717, 1.165) is 12.8 Å². The fraction of sp³-hybridized carbons (Fsp3) is 0.480. The number of carbonyl (C=O) groups is 3. The summed E-state index contributed by atoms with van der Waals surface area (Å²) in [4.78, 5) is 40.9. The van der Waals surface area contributed by atoms with Crippen LogP contribution in [-0.2, 0) is 16.0 Å². The van der Waals surface area contributed by atoms with Crippen LogP contribution in [0.25, 0.3) is 0 Å². The third kappa shape index (κ3) is 5.47. The lowest BCUT2D eigenvalue weighted by Crippen LogP contribution is -2.41. The molecule has 0 radical (unpaired) electrons. The van der Waals surface area contributed by atoms with Gasteiger partial charge in [0.05, 0.1) is 19.3 Å². The van der Waals surface area contributed by atoms with Gasteiger partial charge in [0.1, 0.15) is 5.69 Å². The van der Waals surface area contributed by atoms with Crippen LogP contribution in [0.5, 0.6) is 0 Å². The molecule has 1 aliphatic heterocycles. The van der Waals surface area contributed by atoms with Crippen LogP contribution in [0.1, 0.15) is 69.2 Å². The van der Waals surface area contributed by atoms with Crippen LogP contribution >= 0.6 is 11.6 Å². The van der Waals surface area contributed by atoms with Crippen molar-refractivity contribution in [3.63, 3.8) is 0 Å². The van der Waals surface area contributed by atoms with E-state index in [2.05, 4.69) is 0 Å². The highest BCUT2D eigenvalue weighted by atomic mass is 35.5. The number of benzene rings is 1. The number of hydrogen-bond acceptors (Lipinski definition) is 5. The molecule has 2 aromatic rings. The fourth-order valence-electron chi connectivity index (χ4n) is 4.44. The normalized spacial score (nSPS) is 15.5. The van der Waals surface area contributed by atoms with Gasteiger partial charge in [0.25, 0.3) is 5.91 Å². The van der Waals surface area contributed by atoms with E-state index in [-0.39, 0.29) is 30.9 Å². The van der Waals surface area contributed by atoms with Gasteiger partial charge in [-0.1, -0.05) is 11.6 Å². The molecule has 33 heavy (non-hydrogen) atoms. The number of rotatable bonds is 9. The topological polar surface area (TPSA) is 77.8 Å². The molecule has 0 aliphatic carbocycles. The minimum absolute atomic E-state index is 0.105. The molecule has 1 fully saturated rings. The molecule has 1 aromatic carbocycles. The third-order valence-electron chi connectivity index (χ3n) is 5.99. The number of amides is 1. The first-order valence-electron chi connectivity index (χ1n) is 11.3. The van der Waals surface area contributed by atoms with E-state index in [1.54, 1.807) is 42.7 Å². The Bertz CT molecular complexity index is 1020. The maximum Gasteiger partial charge on any atom is 0.355 e. The molecule has 1 aliphatic rings. The summed E-state index contributed by atoms with van der Waals surface area (Å²) in [6.45, 7) is 8.87. The summed E-state index contributed by atoms with van der Waals surface area (Å²) in [5, 5.41) is 0.534. The number of esters is 1. The molecule has 0 unspecified atom stereocenters. The summed E-state index contributed by atoms with van der Waals surface area (Å²) in [6, 6.07) is 6.62. The van der Waals surface area contributed by atoms with E-state index >= 15 is 0 Å². The number of ketones is 1. The maximum absolute atomic E-state index is 13.5. The molecule has 178 valence electrons. The van der Waals surface area contributed by atoms with Gasteiger partial charge in [-0.05, 0) is 70.4 Å². The number of Topliss-reactive ketones (excluding diaryl/α,β-unsaturated/α-hetero) is 1. The standard InChI is InChI=1S/C25H31ClN2O5/c1-5-28-17(4)22(16(3)23(28)25(31)32-6-2)21(29)15-27(14-20-8-7-13-33-20)24(30)18-9-11-19(26)12-10-18/h9-12,20H,5-8,13-15H2,1-4H3/t20-/m0/s1. The Morgan fingerprint density at radius 2 is 1.88 bits per heavy atom. The minimum atomic E-state index is -0.451. The second kappa shape index (κ2) is 11.0. The van der Waals surface area contributed by atoms with E-state index in [1.165, 1.54) is 4.90 Å². The molecule has 1 amide bonds. The summed E-state index contributed by atoms with van der Waals surface area (Å²) in [5.74, 6) is -0.929. The predicted octanol–water partition coefficient (Wildman–Crippen LogP) is 4.46. The molecule has 1 atom stereocenters. The van der Waals surface area contributed by atoms with Gasteiger partial charge in [-0.25, -0.2) is 4.79 Å². The zero-order valence-electron chi connectivity index (χ0n) is 19.7. The second-order valence-corrected chi connectivity index (χ2v) is 8.59. The van der Waals surface area contributed by atoms with Crippen molar-refractivity contribution in [1.29, 1.82) is 0 Å². The van der Waals surface area contributed by atoms with Gasteiger partial charge >= 0.3 is 5.97 Å². The average molecular weight is 475 g/mol. The Kier molecular flexibility index (Phi) is 8.32. The zero-order valence-corrected chi connectivity index (χ0v) is 20.4. The average Bonchev–Trinajstić information content (AvgIpc) is 3.38. The van der Waals surface area contributed by atoms with Crippen LogP contribution < -0.4 is 0 Å². The van der Waals surface area contributed by atoms with Crippen molar-refractivity contribution in [1.82, 2.24) is 9.47 Å². The minimum Gasteiger partial charge on any atom is -0.461 e. The molecule has 1 saturated heterocycles. The van der Waals surface area contributed by atoms with Crippen LogP contribution in [0.4, 0.5) is 0 Å². The Hall–Kier alpha value is -2.64. The van der Waals surface area contributed by atoms with Gasteiger partial charge in [-0.3, -0.25) is 9.59 Å². The van der Waals surface area contributed by atoms with Gasteiger partial charge in [0, 0.05) is 41.5 Å². The first-order chi connectivity index (χ1) is 15.8. The van der Waals surface area contributed by atoms with Crippen LogP contribution in [-0.4, -0.2) is 59.5 Å². The lowest BCUT2D eigenvalue weighted by molar-refractivity contribution is 0.0505. The molecule has 0 N–H and O–H groups in total. The highest BCUT2D eigenvalue weighted by molar-refractivity contribution is 6.30. The highest BCUT2D eigenvalue weighted by Gasteiger charge is 2.30. The maximum atomic E-state index is 13.5. The largest absolute Gasteiger partial charge is 0.461 e. The summed E-state index contributed by atoms with van der Waals surface area (Å²) >= 11 is 5.97. The summed E-state index contributed by atoms with van der Waals surface area (Å²) < 4.78 is 12.7. The van der Waals surface area contributed by atoms with Crippen molar-refractivity contribution in [2.75, 3.05) is 26.3 Å². The van der Waals surface area contributed by atoms with Crippen molar-refractivity contribution in [3.8, 4) is 0 Å². The van der Waals surface area contributed by atoms with Gasteiger partial charge in [0.15, 0.2) is 5.78 Å². The van der Waals surface area contributed by atoms with E-state index in [9.17, 15) is 14.4 Å². The summed E-state index contributed by atoms with van der Waals surface area (Å²) in [5.41, 5.74) is 2.57. The van der Waals surface area contributed by atoms with Crippen LogP contribution in [0, 0.1) is 13.8 Å². The van der Waals surface area contributed by atoms with E-state index < -0.39 is 5.97 Å². The van der Waals surface area contributed by atoms with E-state index in [4.69, 9.17) is 21.1 Å². The van der Waals surface area contributed by atoms with E-state index in [0.29, 0.717) is 52.8 Å². The molecular weight excluding hydrogens is 444 g/mol. The van der Waals surface area contributed by atoms with Crippen LogP contribution in [0.15, 0.2) is 24.3 Å². The van der Waals surface area contributed by atoms with Gasteiger partial charge in [-0.2, -0.15) is 0 Å². The lowest BCUT2D eigenvalue weighted by Gasteiger charge is -2.25. The first kappa shape index (κ1) is 25.0. The number of hydrogen-bond donors (Lipinski definition) is 0. The molecule has 2 heterocycles. The third-order valence-corrected chi connectivity index (χ3v) is 6.24. The number of halogens is 1. The lowest BCUT2D eigenvalue weighted by atomic mass is 10.0. The second-order valence-electron chi connectivity index (χ2n) is 8.15. The van der Waals surface area contributed by atoms with Crippen molar-refractivity contribution in [3.05, 3.63) is 57.4 Å². The number of carbonyl (C=O) groups excluding carboxylic acids is 3. The van der Waals surface area contributed by atoms with E-state index in [1.807, 2.05) is 13.8 Å². The summed E-state index contributed by atoms with van der Waals surface area (Å²) in [7, 11) is 0. The van der Waals surface area contributed by atoms with Gasteiger partial charge in [-0.15, -0.1) is 0 Å². The molecular formula is C25H31ClN2O5. The Morgan fingerprint density at radius 1 is 1.18 bits per heavy atom. The van der Waals surface area contributed by atoms with Gasteiger partial charge in [0.2, 0.25) is 0 Å². The molecule has 3 rings (SSSR count). The van der Waals surface area contributed by atoms with Crippen molar-refractivity contribution < 1.29 is 23.9 Å². The van der Waals surface area contributed by atoms with Crippen molar-refractivity contribution in [2.45, 2.75) is 53.2 Å². The monoisotopic (exact) mass is 474 g/mol. The van der Waals surface area contributed by atoms with Crippen molar-refractivity contribution in [2.24, 2.45) is 0 Å². The quantitative estimate of drug-likeness (QED) is 0.396. The van der Waals surface area contributed by atoms with Gasteiger partial charge < -0.3 is 18.9 Å². The number of nitrogens with zero attached hydrogens (tertiary/aromatic N) is 2. The summed E-state index contributed by atoms with van der Waals surface area (Å²) in [6.07, 6.45) is 1.67. The number of ether oxygens (including phenoxy) is 2. The van der Waals surface area contributed by atoms with Crippen molar-refractivity contribution >= 4 is 29.3 Å². The molecule has 0 bridgehead atoms.